The maximum atomic E-state index is 12.6. The summed E-state index contributed by atoms with van der Waals surface area (Å²) >= 11 is 6.27. The van der Waals surface area contributed by atoms with Crippen LogP contribution in [0.15, 0.2) is 23.8 Å². The van der Waals surface area contributed by atoms with Crippen LogP contribution >= 0.6 is 11.6 Å². The molecule has 3 atom stereocenters. The highest BCUT2D eigenvalue weighted by atomic mass is 35.5. The third-order valence-electron chi connectivity index (χ3n) is 5.26. The molecule has 1 heterocycles. The summed E-state index contributed by atoms with van der Waals surface area (Å²) in [7, 11) is 0. The number of amides is 1. The summed E-state index contributed by atoms with van der Waals surface area (Å²) in [5, 5.41) is 3.41. The van der Waals surface area contributed by atoms with E-state index >= 15 is 0 Å². The molecule has 1 aromatic rings. The number of rotatable bonds is 5. The molecule has 1 aliphatic heterocycles. The standard InChI is InChI=1S/C20H26ClNO3/c1-6-18-24-16-8-12(15(21)9-17(16)25-18)19(23)22-10-14-13(7-11(2)3)20(14,4)5/h7-9,13-14,18H,6,10H2,1-5H3,(H,22,23). The summed E-state index contributed by atoms with van der Waals surface area (Å²) < 4.78 is 11.3. The first kappa shape index (κ1) is 18.1. The number of halogens is 1. The second-order valence-electron chi connectivity index (χ2n) is 7.76. The molecule has 1 saturated carbocycles. The van der Waals surface area contributed by atoms with Gasteiger partial charge in [-0.15, -0.1) is 0 Å². The molecule has 1 aliphatic carbocycles. The Kier molecular flexibility index (Phi) is 4.76. The molecule has 0 radical (unpaired) electrons. The second-order valence-corrected chi connectivity index (χ2v) is 8.17. The molecule has 4 nitrogen and oxygen atoms in total. The fourth-order valence-electron chi connectivity index (χ4n) is 3.53. The maximum Gasteiger partial charge on any atom is 0.252 e. The Hall–Kier alpha value is -1.68. The zero-order chi connectivity index (χ0) is 18.4. The summed E-state index contributed by atoms with van der Waals surface area (Å²) in [6, 6.07) is 3.34. The number of hydrogen-bond acceptors (Lipinski definition) is 3. The number of fused-ring (bicyclic) bond motifs is 1. The third kappa shape index (κ3) is 3.50. The van der Waals surface area contributed by atoms with Crippen LogP contribution in [0.2, 0.25) is 5.02 Å². The molecule has 0 aromatic heterocycles. The number of benzene rings is 1. The minimum atomic E-state index is -0.304. The van der Waals surface area contributed by atoms with Gasteiger partial charge < -0.3 is 14.8 Å². The van der Waals surface area contributed by atoms with E-state index in [1.165, 1.54) is 5.57 Å². The molecule has 1 aromatic carbocycles. The number of carbonyl (C=O) groups is 1. The van der Waals surface area contributed by atoms with Crippen molar-refractivity contribution in [2.75, 3.05) is 6.54 Å². The number of allylic oxidation sites excluding steroid dienone is 2. The summed E-state index contributed by atoms with van der Waals surface area (Å²) in [6.45, 7) is 11.3. The molecule has 1 fully saturated rings. The highest BCUT2D eigenvalue weighted by Gasteiger charge is 2.55. The Morgan fingerprint density at radius 2 is 1.92 bits per heavy atom. The second kappa shape index (κ2) is 6.56. The van der Waals surface area contributed by atoms with Gasteiger partial charge in [-0.2, -0.15) is 0 Å². The molecular formula is C20H26ClNO3. The van der Waals surface area contributed by atoms with Crippen molar-refractivity contribution in [3.63, 3.8) is 0 Å². The van der Waals surface area contributed by atoms with Crippen LogP contribution in [0.3, 0.4) is 0 Å². The van der Waals surface area contributed by atoms with Crippen molar-refractivity contribution in [2.45, 2.75) is 47.3 Å². The Morgan fingerprint density at radius 1 is 1.28 bits per heavy atom. The van der Waals surface area contributed by atoms with Gasteiger partial charge in [0.25, 0.3) is 5.91 Å². The van der Waals surface area contributed by atoms with Crippen molar-refractivity contribution in [1.29, 1.82) is 0 Å². The van der Waals surface area contributed by atoms with Crippen LogP contribution in [0.25, 0.3) is 0 Å². The van der Waals surface area contributed by atoms with E-state index in [1.807, 2.05) is 6.92 Å². The lowest BCUT2D eigenvalue weighted by Crippen LogP contribution is -2.27. The summed E-state index contributed by atoms with van der Waals surface area (Å²) in [5.74, 6) is 1.96. The molecule has 1 amide bonds. The predicted molar refractivity (Wildman–Crippen MR) is 99.3 cm³/mol. The van der Waals surface area contributed by atoms with Crippen molar-refractivity contribution in [3.05, 3.63) is 34.4 Å². The first-order chi connectivity index (χ1) is 11.7. The van der Waals surface area contributed by atoms with Crippen LogP contribution in [-0.2, 0) is 0 Å². The van der Waals surface area contributed by atoms with Crippen LogP contribution in [0.5, 0.6) is 11.5 Å². The third-order valence-corrected chi connectivity index (χ3v) is 5.58. The van der Waals surface area contributed by atoms with Gasteiger partial charge in [0.15, 0.2) is 11.5 Å². The van der Waals surface area contributed by atoms with E-state index in [1.54, 1.807) is 12.1 Å². The highest BCUT2D eigenvalue weighted by molar-refractivity contribution is 6.34. The van der Waals surface area contributed by atoms with E-state index in [2.05, 4.69) is 39.1 Å². The number of hydrogen-bond donors (Lipinski definition) is 1. The van der Waals surface area contributed by atoms with Gasteiger partial charge in [-0.25, -0.2) is 0 Å². The van der Waals surface area contributed by atoms with Gasteiger partial charge in [0.05, 0.1) is 10.6 Å². The zero-order valence-electron chi connectivity index (χ0n) is 15.5. The Balaban J connectivity index is 1.66. The molecule has 25 heavy (non-hydrogen) atoms. The fraction of sp³-hybridized carbons (Fsp3) is 0.550. The molecule has 3 unspecified atom stereocenters. The first-order valence-corrected chi connectivity index (χ1v) is 9.22. The van der Waals surface area contributed by atoms with Crippen molar-refractivity contribution in [1.82, 2.24) is 5.32 Å². The minimum absolute atomic E-state index is 0.171. The lowest BCUT2D eigenvalue weighted by molar-refractivity contribution is 0.0464. The predicted octanol–water partition coefficient (Wildman–Crippen LogP) is 4.82. The van der Waals surface area contributed by atoms with Gasteiger partial charge in [-0.1, -0.05) is 44.0 Å². The van der Waals surface area contributed by atoms with Crippen LogP contribution < -0.4 is 14.8 Å². The largest absolute Gasteiger partial charge is 0.451 e. The van der Waals surface area contributed by atoms with Gasteiger partial charge in [-0.05, 0) is 37.2 Å². The normalized spacial score (nSPS) is 25.4. The average Bonchev–Trinajstić information content (AvgIpc) is 2.88. The van der Waals surface area contributed by atoms with Crippen molar-refractivity contribution in [3.8, 4) is 11.5 Å². The molecule has 0 bridgehead atoms. The Morgan fingerprint density at radius 3 is 2.52 bits per heavy atom. The van der Waals surface area contributed by atoms with E-state index in [0.29, 0.717) is 40.5 Å². The minimum Gasteiger partial charge on any atom is -0.451 e. The summed E-state index contributed by atoms with van der Waals surface area (Å²) in [4.78, 5) is 12.6. The van der Waals surface area contributed by atoms with Crippen molar-refractivity contribution >= 4 is 17.5 Å². The lowest BCUT2D eigenvalue weighted by atomic mass is 10.1. The van der Waals surface area contributed by atoms with Crippen LogP contribution in [0.4, 0.5) is 0 Å². The molecule has 2 aliphatic rings. The first-order valence-electron chi connectivity index (χ1n) is 8.84. The van der Waals surface area contributed by atoms with Gasteiger partial charge in [0.2, 0.25) is 6.29 Å². The number of ether oxygens (including phenoxy) is 2. The van der Waals surface area contributed by atoms with Gasteiger partial charge in [-0.3, -0.25) is 4.79 Å². The summed E-state index contributed by atoms with van der Waals surface area (Å²) in [6.07, 6.45) is 2.73. The van der Waals surface area contributed by atoms with E-state index in [4.69, 9.17) is 21.1 Å². The van der Waals surface area contributed by atoms with Gasteiger partial charge in [0, 0.05) is 19.0 Å². The van der Waals surface area contributed by atoms with Gasteiger partial charge >= 0.3 is 0 Å². The van der Waals surface area contributed by atoms with E-state index in [0.717, 1.165) is 6.42 Å². The smallest absolute Gasteiger partial charge is 0.252 e. The molecule has 1 N–H and O–H groups in total. The van der Waals surface area contributed by atoms with Crippen LogP contribution in [-0.4, -0.2) is 18.7 Å². The quantitative estimate of drug-likeness (QED) is 0.763. The van der Waals surface area contributed by atoms with Gasteiger partial charge in [0.1, 0.15) is 0 Å². The molecule has 5 heteroatoms. The van der Waals surface area contributed by atoms with E-state index < -0.39 is 0 Å². The topological polar surface area (TPSA) is 47.6 Å². The molecule has 0 spiro atoms. The Labute approximate surface area is 154 Å². The van der Waals surface area contributed by atoms with E-state index in [9.17, 15) is 4.79 Å². The average molecular weight is 364 g/mol. The van der Waals surface area contributed by atoms with Crippen molar-refractivity contribution < 1.29 is 14.3 Å². The molecule has 0 saturated heterocycles. The molecular weight excluding hydrogens is 338 g/mol. The van der Waals surface area contributed by atoms with Crippen LogP contribution in [0.1, 0.15) is 51.4 Å². The highest BCUT2D eigenvalue weighted by Crippen LogP contribution is 2.58. The monoisotopic (exact) mass is 363 g/mol. The zero-order valence-corrected chi connectivity index (χ0v) is 16.2. The molecule has 136 valence electrons. The SMILES string of the molecule is CCC1Oc2cc(Cl)c(C(=O)NCC3C(C=C(C)C)C3(C)C)cc2O1. The number of nitrogens with one attached hydrogen (secondary N) is 1. The van der Waals surface area contributed by atoms with Crippen LogP contribution in [0, 0.1) is 17.3 Å². The maximum absolute atomic E-state index is 12.6. The summed E-state index contributed by atoms with van der Waals surface area (Å²) in [5.41, 5.74) is 1.96. The number of carbonyl (C=O) groups excluding carboxylic acids is 1. The fourth-order valence-corrected chi connectivity index (χ4v) is 3.77. The van der Waals surface area contributed by atoms with Crippen molar-refractivity contribution in [2.24, 2.45) is 17.3 Å². The lowest BCUT2D eigenvalue weighted by Gasteiger charge is -2.08. The Bertz CT molecular complexity index is 722. The molecule has 3 rings (SSSR count). The van der Waals surface area contributed by atoms with E-state index in [-0.39, 0.29) is 17.6 Å².